The van der Waals surface area contributed by atoms with Crippen LogP contribution in [0.4, 0.5) is 5.69 Å². The quantitative estimate of drug-likeness (QED) is 0.817. The molecule has 19 heavy (non-hydrogen) atoms. The molecule has 1 aromatic rings. The Hall–Kier alpha value is -0.190. The highest BCUT2D eigenvalue weighted by Crippen LogP contribution is 2.28. The highest BCUT2D eigenvalue weighted by atomic mass is 79.9. The number of nitrogens with one attached hydrogen (secondary N) is 1. The molecule has 1 aromatic carbocycles. The standard InChI is InChI=1S/C15H23BrN2S/c1-3-6-17-10-13-4-5-14(9-15(13)16)18-7-8-19-11-12(18)2/h4-5,9,12,17H,3,6-8,10-11H2,1-2H3. The smallest absolute Gasteiger partial charge is 0.0380 e. The second kappa shape index (κ2) is 7.55. The summed E-state index contributed by atoms with van der Waals surface area (Å²) in [5, 5.41) is 3.45. The van der Waals surface area contributed by atoms with Crippen LogP contribution in [0, 0.1) is 0 Å². The van der Waals surface area contributed by atoms with Crippen molar-refractivity contribution in [1.82, 2.24) is 5.32 Å². The van der Waals surface area contributed by atoms with Crippen molar-refractivity contribution in [3.05, 3.63) is 28.2 Å². The highest BCUT2D eigenvalue weighted by molar-refractivity contribution is 9.10. The third-order valence-corrected chi connectivity index (χ3v) is 5.41. The second-order valence-electron chi connectivity index (χ2n) is 5.07. The molecule has 0 bridgehead atoms. The molecule has 1 atom stereocenters. The van der Waals surface area contributed by atoms with E-state index in [9.17, 15) is 0 Å². The van der Waals surface area contributed by atoms with Crippen molar-refractivity contribution >= 4 is 33.4 Å². The van der Waals surface area contributed by atoms with Crippen LogP contribution in [-0.4, -0.2) is 30.6 Å². The first-order valence-corrected chi connectivity index (χ1v) is 9.00. The van der Waals surface area contributed by atoms with E-state index >= 15 is 0 Å². The Balaban J connectivity index is 2.05. The SMILES string of the molecule is CCCNCc1ccc(N2CCSCC2C)cc1Br. The van der Waals surface area contributed by atoms with Gasteiger partial charge >= 0.3 is 0 Å². The van der Waals surface area contributed by atoms with Crippen LogP contribution >= 0.6 is 27.7 Å². The van der Waals surface area contributed by atoms with Crippen molar-refractivity contribution in [3.63, 3.8) is 0 Å². The summed E-state index contributed by atoms with van der Waals surface area (Å²) < 4.78 is 1.22. The lowest BCUT2D eigenvalue weighted by Gasteiger charge is -2.35. The third kappa shape index (κ3) is 4.14. The Kier molecular flexibility index (Phi) is 6.05. The first-order valence-electron chi connectivity index (χ1n) is 7.06. The average Bonchev–Trinajstić information content (AvgIpc) is 2.41. The maximum atomic E-state index is 3.71. The number of benzene rings is 1. The molecule has 0 amide bonds. The van der Waals surface area contributed by atoms with Crippen LogP contribution in [0.1, 0.15) is 25.8 Å². The Morgan fingerprint density at radius 3 is 3.00 bits per heavy atom. The van der Waals surface area contributed by atoms with Crippen molar-refractivity contribution in [2.45, 2.75) is 32.9 Å². The van der Waals surface area contributed by atoms with Crippen molar-refractivity contribution in [2.24, 2.45) is 0 Å². The van der Waals surface area contributed by atoms with E-state index in [0.29, 0.717) is 6.04 Å². The van der Waals surface area contributed by atoms with Gasteiger partial charge in [0.2, 0.25) is 0 Å². The topological polar surface area (TPSA) is 15.3 Å². The van der Waals surface area contributed by atoms with Gasteiger partial charge in [0.15, 0.2) is 0 Å². The Labute approximate surface area is 129 Å². The van der Waals surface area contributed by atoms with E-state index in [2.05, 4.69) is 70.0 Å². The summed E-state index contributed by atoms with van der Waals surface area (Å²) >= 11 is 5.77. The minimum absolute atomic E-state index is 0.634. The molecule has 1 heterocycles. The molecule has 106 valence electrons. The van der Waals surface area contributed by atoms with Crippen LogP contribution in [0.3, 0.4) is 0 Å². The van der Waals surface area contributed by atoms with Crippen LogP contribution < -0.4 is 10.2 Å². The first-order chi connectivity index (χ1) is 9.22. The number of nitrogens with zero attached hydrogens (tertiary/aromatic N) is 1. The Morgan fingerprint density at radius 1 is 1.47 bits per heavy atom. The van der Waals surface area contributed by atoms with Crippen molar-refractivity contribution in [2.75, 3.05) is 29.5 Å². The molecule has 1 fully saturated rings. The van der Waals surface area contributed by atoms with Crippen LogP contribution in [0.15, 0.2) is 22.7 Å². The van der Waals surface area contributed by atoms with Gasteiger partial charge in [-0.3, -0.25) is 0 Å². The molecule has 2 nitrogen and oxygen atoms in total. The molecule has 4 heteroatoms. The van der Waals surface area contributed by atoms with E-state index in [-0.39, 0.29) is 0 Å². The van der Waals surface area contributed by atoms with E-state index in [1.54, 1.807) is 0 Å². The summed E-state index contributed by atoms with van der Waals surface area (Å²) in [6.07, 6.45) is 1.18. The fraction of sp³-hybridized carbons (Fsp3) is 0.600. The summed E-state index contributed by atoms with van der Waals surface area (Å²) in [4.78, 5) is 2.52. The van der Waals surface area contributed by atoms with Crippen LogP contribution in [0.25, 0.3) is 0 Å². The van der Waals surface area contributed by atoms with Gasteiger partial charge < -0.3 is 10.2 Å². The molecular weight excluding hydrogens is 320 g/mol. The molecule has 1 saturated heterocycles. The fourth-order valence-electron chi connectivity index (χ4n) is 2.37. The molecule has 1 aliphatic heterocycles. The van der Waals surface area contributed by atoms with Gasteiger partial charge in [0.25, 0.3) is 0 Å². The number of halogens is 1. The summed E-state index contributed by atoms with van der Waals surface area (Å²) in [6.45, 7) is 7.69. The lowest BCUT2D eigenvalue weighted by atomic mass is 10.1. The molecule has 0 aromatic heterocycles. The molecule has 1 unspecified atom stereocenters. The largest absolute Gasteiger partial charge is 0.367 e. The van der Waals surface area contributed by atoms with Gasteiger partial charge in [0.05, 0.1) is 0 Å². The number of hydrogen-bond acceptors (Lipinski definition) is 3. The fourth-order valence-corrected chi connectivity index (χ4v) is 3.89. The van der Waals surface area contributed by atoms with Crippen LogP contribution in [-0.2, 0) is 6.54 Å². The first kappa shape index (κ1) is 15.2. The summed E-state index contributed by atoms with van der Waals surface area (Å²) in [7, 11) is 0. The van der Waals surface area contributed by atoms with Gasteiger partial charge in [-0.1, -0.05) is 28.9 Å². The average molecular weight is 343 g/mol. The Morgan fingerprint density at radius 2 is 2.32 bits per heavy atom. The van der Waals surface area contributed by atoms with E-state index in [0.717, 1.165) is 19.6 Å². The zero-order chi connectivity index (χ0) is 13.7. The van der Waals surface area contributed by atoms with Crippen LogP contribution in [0.2, 0.25) is 0 Å². The Bertz CT molecular complexity index is 411. The van der Waals surface area contributed by atoms with Crippen molar-refractivity contribution < 1.29 is 0 Å². The predicted molar refractivity (Wildman–Crippen MR) is 90.3 cm³/mol. The second-order valence-corrected chi connectivity index (χ2v) is 7.07. The van der Waals surface area contributed by atoms with Gasteiger partial charge in [0.1, 0.15) is 0 Å². The highest BCUT2D eigenvalue weighted by Gasteiger charge is 2.19. The van der Waals surface area contributed by atoms with Gasteiger partial charge in [0, 0.05) is 40.8 Å². The van der Waals surface area contributed by atoms with E-state index < -0.39 is 0 Å². The molecule has 0 saturated carbocycles. The molecule has 0 radical (unpaired) electrons. The molecule has 0 aliphatic carbocycles. The van der Waals surface area contributed by atoms with E-state index in [1.807, 2.05) is 0 Å². The molecule has 2 rings (SSSR count). The molecule has 1 N–H and O–H groups in total. The normalized spacial score (nSPS) is 19.7. The lowest BCUT2D eigenvalue weighted by Crippen LogP contribution is -2.40. The van der Waals surface area contributed by atoms with Gasteiger partial charge in [-0.15, -0.1) is 0 Å². The van der Waals surface area contributed by atoms with Gasteiger partial charge in [-0.25, -0.2) is 0 Å². The molecular formula is C15H23BrN2S. The molecule has 1 aliphatic rings. The number of rotatable bonds is 5. The summed E-state index contributed by atoms with van der Waals surface area (Å²) in [5.74, 6) is 2.47. The minimum Gasteiger partial charge on any atom is -0.367 e. The molecule has 0 spiro atoms. The maximum absolute atomic E-state index is 3.71. The lowest BCUT2D eigenvalue weighted by molar-refractivity contribution is 0.672. The number of anilines is 1. The van der Waals surface area contributed by atoms with Crippen LogP contribution in [0.5, 0.6) is 0 Å². The van der Waals surface area contributed by atoms with E-state index in [4.69, 9.17) is 0 Å². The summed E-state index contributed by atoms with van der Waals surface area (Å²) in [6, 6.07) is 7.42. The van der Waals surface area contributed by atoms with Gasteiger partial charge in [-0.2, -0.15) is 11.8 Å². The third-order valence-electron chi connectivity index (χ3n) is 3.48. The van der Waals surface area contributed by atoms with Crippen molar-refractivity contribution in [1.29, 1.82) is 0 Å². The van der Waals surface area contributed by atoms with Crippen molar-refractivity contribution in [3.8, 4) is 0 Å². The monoisotopic (exact) mass is 342 g/mol. The zero-order valence-corrected chi connectivity index (χ0v) is 14.2. The van der Waals surface area contributed by atoms with Gasteiger partial charge in [-0.05, 0) is 37.6 Å². The number of hydrogen-bond donors (Lipinski definition) is 1. The minimum atomic E-state index is 0.634. The maximum Gasteiger partial charge on any atom is 0.0380 e. The summed E-state index contributed by atoms with van der Waals surface area (Å²) in [5.41, 5.74) is 2.69. The predicted octanol–water partition coefficient (Wildman–Crippen LogP) is 3.89. The number of thioether (sulfide) groups is 1. The van der Waals surface area contributed by atoms with E-state index in [1.165, 1.54) is 33.7 Å². The zero-order valence-electron chi connectivity index (χ0n) is 11.8.